The quantitative estimate of drug-likeness (QED) is 0.709. The van der Waals surface area contributed by atoms with Crippen LogP contribution in [0.1, 0.15) is 29.7 Å². The zero-order valence-corrected chi connectivity index (χ0v) is 14.1. The maximum absolute atomic E-state index is 12.9. The Morgan fingerprint density at radius 1 is 1.04 bits per heavy atom. The lowest BCUT2D eigenvalue weighted by molar-refractivity contribution is 0.627. The number of nitrogens with one attached hydrogen (secondary N) is 1. The molecule has 5 heteroatoms. The van der Waals surface area contributed by atoms with Crippen LogP contribution in [0.2, 0.25) is 0 Å². The number of hydrogen-bond donors (Lipinski definition) is 2. The van der Waals surface area contributed by atoms with Crippen molar-refractivity contribution in [2.45, 2.75) is 25.8 Å². The number of aromatic nitrogens is 2. The highest BCUT2D eigenvalue weighted by atomic mass is 19.1. The van der Waals surface area contributed by atoms with Crippen LogP contribution in [0, 0.1) is 5.82 Å². The Labute approximate surface area is 146 Å². The van der Waals surface area contributed by atoms with Gasteiger partial charge in [0.1, 0.15) is 11.6 Å². The average molecular weight is 336 g/mol. The van der Waals surface area contributed by atoms with E-state index in [0.29, 0.717) is 18.2 Å². The summed E-state index contributed by atoms with van der Waals surface area (Å²) in [7, 11) is 0. The van der Waals surface area contributed by atoms with Crippen molar-refractivity contribution in [3.8, 4) is 0 Å². The standard InChI is InChI=1S/C20H21FN4/c1-14(16-5-3-2-4-6-16)24-20-23-13-17(19(22)25-20)10-7-15-8-11-18(21)12-9-15/h2-6,8-9,11-14H,7,10H2,1H3,(H3,22,23,24,25). The molecule has 1 atom stereocenters. The summed E-state index contributed by atoms with van der Waals surface area (Å²) in [5.74, 6) is 0.758. The Kier molecular flexibility index (Phi) is 5.23. The van der Waals surface area contributed by atoms with Gasteiger partial charge in [0.15, 0.2) is 0 Å². The van der Waals surface area contributed by atoms with Crippen molar-refractivity contribution in [3.05, 3.63) is 83.3 Å². The highest BCUT2D eigenvalue weighted by Gasteiger charge is 2.09. The smallest absolute Gasteiger partial charge is 0.225 e. The van der Waals surface area contributed by atoms with Crippen LogP contribution in [-0.2, 0) is 12.8 Å². The van der Waals surface area contributed by atoms with Gasteiger partial charge in [0, 0.05) is 11.8 Å². The molecule has 0 spiro atoms. The summed E-state index contributed by atoms with van der Waals surface area (Å²) >= 11 is 0. The third-order valence-corrected chi connectivity index (χ3v) is 4.14. The molecule has 4 nitrogen and oxygen atoms in total. The van der Waals surface area contributed by atoms with Crippen molar-refractivity contribution in [3.63, 3.8) is 0 Å². The van der Waals surface area contributed by atoms with Crippen LogP contribution in [0.5, 0.6) is 0 Å². The molecule has 0 bridgehead atoms. The summed E-state index contributed by atoms with van der Waals surface area (Å²) in [6.07, 6.45) is 3.24. The predicted molar refractivity (Wildman–Crippen MR) is 98.7 cm³/mol. The van der Waals surface area contributed by atoms with Gasteiger partial charge < -0.3 is 11.1 Å². The summed E-state index contributed by atoms with van der Waals surface area (Å²) in [5.41, 5.74) is 9.18. The number of aryl methyl sites for hydroxylation is 2. The second-order valence-corrected chi connectivity index (χ2v) is 6.01. The van der Waals surface area contributed by atoms with E-state index in [4.69, 9.17) is 5.73 Å². The van der Waals surface area contributed by atoms with Gasteiger partial charge in [-0.2, -0.15) is 4.98 Å². The van der Waals surface area contributed by atoms with Crippen LogP contribution in [0.15, 0.2) is 60.8 Å². The first kappa shape index (κ1) is 16.9. The molecule has 3 aromatic rings. The first-order chi connectivity index (χ1) is 12.1. The number of nitrogen functional groups attached to an aromatic ring is 1. The van der Waals surface area contributed by atoms with Gasteiger partial charge in [0.2, 0.25) is 5.95 Å². The van der Waals surface area contributed by atoms with E-state index in [1.165, 1.54) is 12.1 Å². The highest BCUT2D eigenvalue weighted by molar-refractivity contribution is 5.44. The molecule has 25 heavy (non-hydrogen) atoms. The van der Waals surface area contributed by atoms with E-state index in [9.17, 15) is 4.39 Å². The fourth-order valence-corrected chi connectivity index (χ4v) is 2.63. The Balaban J connectivity index is 1.63. The first-order valence-electron chi connectivity index (χ1n) is 8.29. The van der Waals surface area contributed by atoms with E-state index in [2.05, 4.69) is 34.3 Å². The second kappa shape index (κ2) is 7.75. The van der Waals surface area contributed by atoms with Gasteiger partial charge in [0.05, 0.1) is 6.04 Å². The Morgan fingerprint density at radius 2 is 1.76 bits per heavy atom. The van der Waals surface area contributed by atoms with Crippen molar-refractivity contribution >= 4 is 11.8 Å². The van der Waals surface area contributed by atoms with Crippen LogP contribution in [-0.4, -0.2) is 9.97 Å². The van der Waals surface area contributed by atoms with Gasteiger partial charge in [-0.1, -0.05) is 42.5 Å². The third kappa shape index (κ3) is 4.53. The largest absolute Gasteiger partial charge is 0.383 e. The lowest BCUT2D eigenvalue weighted by Gasteiger charge is -2.15. The van der Waals surface area contributed by atoms with Crippen LogP contribution < -0.4 is 11.1 Å². The van der Waals surface area contributed by atoms with Crippen molar-refractivity contribution in [2.75, 3.05) is 11.1 Å². The number of hydrogen-bond acceptors (Lipinski definition) is 4. The number of nitrogens with zero attached hydrogens (tertiary/aromatic N) is 2. The zero-order valence-electron chi connectivity index (χ0n) is 14.1. The topological polar surface area (TPSA) is 63.8 Å². The fourth-order valence-electron chi connectivity index (χ4n) is 2.63. The highest BCUT2D eigenvalue weighted by Crippen LogP contribution is 2.19. The summed E-state index contributed by atoms with van der Waals surface area (Å²) in [6.45, 7) is 2.05. The number of halogens is 1. The van der Waals surface area contributed by atoms with Crippen molar-refractivity contribution < 1.29 is 4.39 Å². The third-order valence-electron chi connectivity index (χ3n) is 4.14. The maximum atomic E-state index is 12.9. The number of anilines is 2. The van der Waals surface area contributed by atoms with Gasteiger partial charge in [-0.05, 0) is 43.0 Å². The fraction of sp³-hybridized carbons (Fsp3) is 0.200. The van der Waals surface area contributed by atoms with Crippen molar-refractivity contribution in [1.82, 2.24) is 9.97 Å². The van der Waals surface area contributed by atoms with E-state index in [1.807, 2.05) is 18.2 Å². The van der Waals surface area contributed by atoms with Crippen molar-refractivity contribution in [1.29, 1.82) is 0 Å². The molecule has 0 saturated carbocycles. The summed E-state index contributed by atoms with van der Waals surface area (Å²) in [5, 5.41) is 3.26. The Hall–Kier alpha value is -2.95. The molecule has 0 aliphatic rings. The normalized spacial score (nSPS) is 11.9. The first-order valence-corrected chi connectivity index (χ1v) is 8.29. The molecular formula is C20H21FN4. The molecule has 1 unspecified atom stereocenters. The van der Waals surface area contributed by atoms with Crippen LogP contribution in [0.4, 0.5) is 16.2 Å². The minimum absolute atomic E-state index is 0.0886. The van der Waals surface area contributed by atoms with E-state index in [1.54, 1.807) is 18.3 Å². The molecule has 1 heterocycles. The summed E-state index contributed by atoms with van der Waals surface area (Å²) < 4.78 is 12.9. The van der Waals surface area contributed by atoms with E-state index in [0.717, 1.165) is 23.1 Å². The van der Waals surface area contributed by atoms with Gasteiger partial charge in [-0.15, -0.1) is 0 Å². The van der Waals surface area contributed by atoms with Crippen LogP contribution in [0.3, 0.4) is 0 Å². The van der Waals surface area contributed by atoms with E-state index < -0.39 is 0 Å². The van der Waals surface area contributed by atoms with Gasteiger partial charge in [-0.25, -0.2) is 9.37 Å². The van der Waals surface area contributed by atoms with Crippen molar-refractivity contribution in [2.24, 2.45) is 0 Å². The van der Waals surface area contributed by atoms with Gasteiger partial charge in [0.25, 0.3) is 0 Å². The predicted octanol–water partition coefficient (Wildman–Crippen LogP) is 4.16. The average Bonchev–Trinajstić information content (AvgIpc) is 2.63. The molecule has 0 aliphatic heterocycles. The van der Waals surface area contributed by atoms with Gasteiger partial charge in [-0.3, -0.25) is 0 Å². The number of nitrogens with two attached hydrogens (primary N) is 1. The maximum Gasteiger partial charge on any atom is 0.225 e. The Bertz CT molecular complexity index is 819. The monoisotopic (exact) mass is 336 g/mol. The SMILES string of the molecule is CC(Nc1ncc(CCc2ccc(F)cc2)c(N)n1)c1ccccc1. The molecule has 0 radical (unpaired) electrons. The number of rotatable bonds is 6. The molecule has 1 aromatic heterocycles. The minimum Gasteiger partial charge on any atom is -0.383 e. The van der Waals surface area contributed by atoms with E-state index >= 15 is 0 Å². The van der Waals surface area contributed by atoms with Gasteiger partial charge >= 0.3 is 0 Å². The van der Waals surface area contributed by atoms with Crippen LogP contribution >= 0.6 is 0 Å². The summed E-state index contributed by atoms with van der Waals surface area (Å²) in [6, 6.07) is 16.7. The zero-order chi connectivity index (χ0) is 17.6. The molecule has 3 N–H and O–H groups in total. The number of benzene rings is 2. The summed E-state index contributed by atoms with van der Waals surface area (Å²) in [4.78, 5) is 8.73. The molecule has 0 saturated heterocycles. The second-order valence-electron chi connectivity index (χ2n) is 6.01. The molecule has 3 rings (SSSR count). The Morgan fingerprint density at radius 3 is 2.44 bits per heavy atom. The molecular weight excluding hydrogens is 315 g/mol. The minimum atomic E-state index is -0.227. The molecule has 128 valence electrons. The molecule has 0 amide bonds. The molecule has 2 aromatic carbocycles. The molecule has 0 fully saturated rings. The lowest BCUT2D eigenvalue weighted by Crippen LogP contribution is -2.11. The molecule has 0 aliphatic carbocycles. The lowest BCUT2D eigenvalue weighted by atomic mass is 10.1. The van der Waals surface area contributed by atoms with Crippen LogP contribution in [0.25, 0.3) is 0 Å². The van der Waals surface area contributed by atoms with E-state index in [-0.39, 0.29) is 11.9 Å².